The first kappa shape index (κ1) is 9.57. The summed E-state index contributed by atoms with van der Waals surface area (Å²) in [5, 5.41) is 7.54. The molecule has 0 saturated heterocycles. The first-order valence-electron chi connectivity index (χ1n) is 4.16. The molecule has 0 radical (unpaired) electrons. The van der Waals surface area contributed by atoms with Crippen LogP contribution in [0.5, 0.6) is 11.8 Å². The number of hydrogen-bond donors (Lipinski definition) is 1. The summed E-state index contributed by atoms with van der Waals surface area (Å²) in [5.41, 5.74) is 6.07. The summed E-state index contributed by atoms with van der Waals surface area (Å²) >= 11 is 0. The molecule has 0 amide bonds. The number of rotatable bonds is 4. The van der Waals surface area contributed by atoms with Crippen molar-refractivity contribution < 1.29 is 9.47 Å². The summed E-state index contributed by atoms with van der Waals surface area (Å²) < 4.78 is 10.2. The molecule has 0 aliphatic heterocycles. The minimum absolute atomic E-state index is 0.353. The minimum Gasteiger partial charge on any atom is -0.477 e. The minimum atomic E-state index is 0.353. The number of ether oxygens (including phenoxy) is 2. The van der Waals surface area contributed by atoms with E-state index in [1.54, 1.807) is 6.07 Å². The topological polar surface area (TPSA) is 70.3 Å². The molecule has 5 heteroatoms. The van der Waals surface area contributed by atoms with Crippen LogP contribution in [0.2, 0.25) is 0 Å². The number of nitrogens with two attached hydrogens (primary N) is 1. The molecule has 0 aliphatic carbocycles. The average Bonchev–Trinajstić information content (AvgIpc) is 2.10. The Kier molecular flexibility index (Phi) is 3.31. The van der Waals surface area contributed by atoms with E-state index >= 15 is 0 Å². The molecule has 13 heavy (non-hydrogen) atoms. The van der Waals surface area contributed by atoms with E-state index in [-0.39, 0.29) is 0 Å². The van der Waals surface area contributed by atoms with Gasteiger partial charge in [-0.2, -0.15) is 0 Å². The van der Waals surface area contributed by atoms with E-state index in [1.165, 1.54) is 0 Å². The van der Waals surface area contributed by atoms with Crippen LogP contribution in [-0.2, 0) is 0 Å². The number of nitrogens with zero attached hydrogens (tertiary/aromatic N) is 2. The third-order valence-corrected chi connectivity index (χ3v) is 1.34. The van der Waals surface area contributed by atoms with E-state index in [9.17, 15) is 0 Å². The van der Waals surface area contributed by atoms with Crippen LogP contribution in [0, 0.1) is 0 Å². The van der Waals surface area contributed by atoms with Gasteiger partial charge in [-0.25, -0.2) is 0 Å². The standard InChI is InChI=1S/C8H13N3O2/c1-3-12-7-5-6(9)8(11-10-7)13-4-2/h5H,3-4H2,1-2H3,(H2,9,10). The second-order valence-electron chi connectivity index (χ2n) is 2.31. The van der Waals surface area contributed by atoms with Gasteiger partial charge >= 0.3 is 0 Å². The summed E-state index contributed by atoms with van der Waals surface area (Å²) in [6, 6.07) is 1.60. The van der Waals surface area contributed by atoms with Gasteiger partial charge in [-0.05, 0) is 13.8 Å². The summed E-state index contributed by atoms with van der Waals surface area (Å²) in [4.78, 5) is 0. The molecule has 0 atom stereocenters. The molecule has 1 aromatic rings. The monoisotopic (exact) mass is 183 g/mol. The van der Waals surface area contributed by atoms with E-state index in [0.29, 0.717) is 30.7 Å². The molecule has 72 valence electrons. The highest BCUT2D eigenvalue weighted by atomic mass is 16.5. The predicted molar refractivity (Wildman–Crippen MR) is 48.8 cm³/mol. The largest absolute Gasteiger partial charge is 0.477 e. The molecule has 0 fully saturated rings. The van der Waals surface area contributed by atoms with E-state index in [4.69, 9.17) is 15.2 Å². The number of aromatic nitrogens is 2. The van der Waals surface area contributed by atoms with Crippen LogP contribution >= 0.6 is 0 Å². The van der Waals surface area contributed by atoms with Crippen molar-refractivity contribution in [3.8, 4) is 11.8 Å². The molecule has 2 N–H and O–H groups in total. The van der Waals surface area contributed by atoms with Gasteiger partial charge in [0.05, 0.1) is 13.2 Å². The molecular formula is C8H13N3O2. The molecular weight excluding hydrogens is 170 g/mol. The summed E-state index contributed by atoms with van der Waals surface area (Å²) in [7, 11) is 0. The Morgan fingerprint density at radius 3 is 2.46 bits per heavy atom. The van der Waals surface area contributed by atoms with Gasteiger partial charge < -0.3 is 15.2 Å². The third-order valence-electron chi connectivity index (χ3n) is 1.34. The fourth-order valence-electron chi connectivity index (χ4n) is 0.843. The summed E-state index contributed by atoms with van der Waals surface area (Å²) in [6.45, 7) is 4.79. The van der Waals surface area contributed by atoms with Crippen molar-refractivity contribution in [1.82, 2.24) is 10.2 Å². The van der Waals surface area contributed by atoms with Crippen LogP contribution in [0.4, 0.5) is 5.69 Å². The fraction of sp³-hybridized carbons (Fsp3) is 0.500. The molecule has 1 heterocycles. The van der Waals surface area contributed by atoms with E-state index < -0.39 is 0 Å². The maximum absolute atomic E-state index is 5.63. The zero-order valence-electron chi connectivity index (χ0n) is 7.78. The molecule has 5 nitrogen and oxygen atoms in total. The Bertz CT molecular complexity index is 278. The molecule has 0 bridgehead atoms. The quantitative estimate of drug-likeness (QED) is 0.749. The maximum atomic E-state index is 5.63. The lowest BCUT2D eigenvalue weighted by molar-refractivity contribution is 0.304. The summed E-state index contributed by atoms with van der Waals surface area (Å²) in [5.74, 6) is 0.773. The van der Waals surface area contributed by atoms with Crippen molar-refractivity contribution in [1.29, 1.82) is 0 Å². The molecule has 0 spiro atoms. The third kappa shape index (κ3) is 2.47. The van der Waals surface area contributed by atoms with Gasteiger partial charge in [0.2, 0.25) is 5.88 Å². The van der Waals surface area contributed by atoms with Crippen LogP contribution in [0.1, 0.15) is 13.8 Å². The summed E-state index contributed by atoms with van der Waals surface area (Å²) in [6.07, 6.45) is 0. The van der Waals surface area contributed by atoms with Crippen molar-refractivity contribution >= 4 is 5.69 Å². The van der Waals surface area contributed by atoms with Crippen LogP contribution in [0.3, 0.4) is 0 Å². The Hall–Kier alpha value is -1.52. The van der Waals surface area contributed by atoms with Gasteiger partial charge in [0.25, 0.3) is 5.88 Å². The lowest BCUT2D eigenvalue weighted by atomic mass is 10.4. The molecule has 1 aromatic heterocycles. The van der Waals surface area contributed by atoms with Crippen LogP contribution in [-0.4, -0.2) is 23.4 Å². The Labute approximate surface area is 76.9 Å². The van der Waals surface area contributed by atoms with E-state index in [2.05, 4.69) is 10.2 Å². The number of hydrogen-bond acceptors (Lipinski definition) is 5. The van der Waals surface area contributed by atoms with Crippen LogP contribution in [0.15, 0.2) is 6.07 Å². The normalized spacial score (nSPS) is 9.69. The second kappa shape index (κ2) is 4.49. The average molecular weight is 183 g/mol. The van der Waals surface area contributed by atoms with Gasteiger partial charge in [-0.1, -0.05) is 0 Å². The SMILES string of the molecule is CCOc1cc(N)c(OCC)nn1. The van der Waals surface area contributed by atoms with E-state index in [0.717, 1.165) is 0 Å². The van der Waals surface area contributed by atoms with Gasteiger partial charge in [-0.3, -0.25) is 0 Å². The molecule has 0 saturated carbocycles. The van der Waals surface area contributed by atoms with Gasteiger partial charge in [-0.15, -0.1) is 10.2 Å². The first-order valence-corrected chi connectivity index (χ1v) is 4.16. The van der Waals surface area contributed by atoms with Crippen molar-refractivity contribution in [3.05, 3.63) is 6.07 Å². The van der Waals surface area contributed by atoms with Gasteiger partial charge in [0.15, 0.2) is 0 Å². The van der Waals surface area contributed by atoms with Crippen LogP contribution < -0.4 is 15.2 Å². The van der Waals surface area contributed by atoms with Crippen molar-refractivity contribution in [2.45, 2.75) is 13.8 Å². The zero-order chi connectivity index (χ0) is 9.68. The zero-order valence-corrected chi connectivity index (χ0v) is 7.78. The Morgan fingerprint density at radius 1 is 1.23 bits per heavy atom. The number of anilines is 1. The molecule has 0 aromatic carbocycles. The van der Waals surface area contributed by atoms with Crippen molar-refractivity contribution in [3.63, 3.8) is 0 Å². The fourth-order valence-corrected chi connectivity index (χ4v) is 0.843. The highest BCUT2D eigenvalue weighted by molar-refractivity contribution is 5.48. The van der Waals surface area contributed by atoms with Crippen molar-refractivity contribution in [2.75, 3.05) is 18.9 Å². The smallest absolute Gasteiger partial charge is 0.257 e. The van der Waals surface area contributed by atoms with Crippen molar-refractivity contribution in [2.24, 2.45) is 0 Å². The predicted octanol–water partition coefficient (Wildman–Crippen LogP) is 0.856. The lowest BCUT2D eigenvalue weighted by Gasteiger charge is -2.05. The first-order chi connectivity index (χ1) is 6.27. The Morgan fingerprint density at radius 2 is 1.92 bits per heavy atom. The molecule has 1 rings (SSSR count). The Balaban J connectivity index is 2.79. The lowest BCUT2D eigenvalue weighted by Crippen LogP contribution is -2.03. The maximum Gasteiger partial charge on any atom is 0.257 e. The van der Waals surface area contributed by atoms with Gasteiger partial charge in [0.1, 0.15) is 5.69 Å². The highest BCUT2D eigenvalue weighted by Crippen LogP contribution is 2.20. The molecule has 0 unspecified atom stereocenters. The van der Waals surface area contributed by atoms with Crippen LogP contribution in [0.25, 0.3) is 0 Å². The van der Waals surface area contributed by atoms with E-state index in [1.807, 2.05) is 13.8 Å². The number of nitrogen functional groups attached to an aromatic ring is 1. The van der Waals surface area contributed by atoms with Gasteiger partial charge in [0, 0.05) is 6.07 Å². The molecule has 0 aliphatic rings. The highest BCUT2D eigenvalue weighted by Gasteiger charge is 2.04. The second-order valence-corrected chi connectivity index (χ2v) is 2.31.